The molecule has 2 aliphatic carbocycles. The first-order valence-corrected chi connectivity index (χ1v) is 14.9. The smallest absolute Gasteiger partial charge is 0.257 e. The van der Waals surface area contributed by atoms with Crippen molar-refractivity contribution in [3.8, 4) is 0 Å². The predicted molar refractivity (Wildman–Crippen MR) is 146 cm³/mol. The second kappa shape index (κ2) is 8.40. The molecule has 0 atom stereocenters. The first-order chi connectivity index (χ1) is 17.2. The van der Waals surface area contributed by atoms with E-state index in [0.717, 1.165) is 43.9 Å². The normalized spacial score (nSPS) is 21.3. The van der Waals surface area contributed by atoms with E-state index in [1.807, 2.05) is 12.1 Å². The number of carbonyl (C=O) groups excluding carboxylic acids is 1. The summed E-state index contributed by atoms with van der Waals surface area (Å²) in [6.07, 6.45) is 8.53. The molecule has 4 aliphatic rings. The lowest BCUT2D eigenvalue weighted by atomic mass is 9.66. The van der Waals surface area contributed by atoms with Crippen LogP contribution in [0.15, 0.2) is 36.4 Å². The van der Waals surface area contributed by atoms with Gasteiger partial charge in [0.25, 0.3) is 5.91 Å². The van der Waals surface area contributed by atoms with Crippen LogP contribution < -0.4 is 19.8 Å². The van der Waals surface area contributed by atoms with Crippen molar-refractivity contribution in [3.63, 3.8) is 0 Å². The van der Waals surface area contributed by atoms with E-state index in [1.54, 1.807) is 19.1 Å². The second-order valence-corrected chi connectivity index (χ2v) is 13.4. The van der Waals surface area contributed by atoms with Crippen LogP contribution in [0.4, 0.5) is 22.7 Å². The molecule has 2 aromatic rings. The molecule has 2 saturated carbocycles. The van der Waals surface area contributed by atoms with E-state index in [4.69, 9.17) is 0 Å². The molecule has 0 radical (unpaired) electrons. The average molecular weight is 509 g/mol. The number of sulfonamides is 1. The number of rotatable bonds is 6. The van der Waals surface area contributed by atoms with E-state index in [2.05, 4.69) is 39.0 Å². The number of hydrogen-bond donors (Lipinski definition) is 2. The quantitative estimate of drug-likeness (QED) is 0.577. The van der Waals surface area contributed by atoms with Crippen molar-refractivity contribution in [2.24, 2.45) is 5.41 Å². The summed E-state index contributed by atoms with van der Waals surface area (Å²) in [7, 11) is -1.25. The number of hydrogen-bond acceptors (Lipinski definition) is 5. The third-order valence-corrected chi connectivity index (χ3v) is 10.4. The third-order valence-electron chi connectivity index (χ3n) is 9.11. The number of nitrogens with one attached hydrogen (secondary N) is 2. The molecule has 2 aromatic carbocycles. The minimum atomic E-state index is -3.40. The molecule has 0 bridgehead atoms. The number of nitrogens with zero attached hydrogens (tertiary/aromatic N) is 2. The maximum absolute atomic E-state index is 13.6. The number of amides is 1. The Morgan fingerprint density at radius 2 is 1.67 bits per heavy atom. The van der Waals surface area contributed by atoms with Crippen LogP contribution in [0.1, 0.15) is 67.8 Å². The Kier molecular flexibility index (Phi) is 5.52. The number of likely N-dealkylation sites (N-methyl/N-ethyl adjacent to an activating group) is 1. The Labute approximate surface area is 214 Å². The van der Waals surface area contributed by atoms with Gasteiger partial charge in [-0.2, -0.15) is 0 Å². The zero-order chi connectivity index (χ0) is 25.1. The molecule has 36 heavy (non-hydrogen) atoms. The van der Waals surface area contributed by atoms with Gasteiger partial charge in [0.05, 0.1) is 22.7 Å². The lowest BCUT2D eigenvalue weighted by molar-refractivity contribution is 0.102. The molecule has 2 spiro atoms. The van der Waals surface area contributed by atoms with Crippen molar-refractivity contribution in [1.82, 2.24) is 0 Å². The summed E-state index contributed by atoms with van der Waals surface area (Å²) in [6, 6.07) is 11.6. The van der Waals surface area contributed by atoms with Crippen molar-refractivity contribution in [2.45, 2.75) is 57.3 Å². The summed E-state index contributed by atoms with van der Waals surface area (Å²) in [6.45, 7) is 4.44. The molecule has 2 heterocycles. The zero-order valence-corrected chi connectivity index (χ0v) is 22.1. The van der Waals surface area contributed by atoms with E-state index >= 15 is 0 Å². The average Bonchev–Trinajstić information content (AvgIpc) is 3.52. The Morgan fingerprint density at radius 3 is 2.31 bits per heavy atom. The fourth-order valence-electron chi connectivity index (χ4n) is 6.42. The lowest BCUT2D eigenvalue weighted by Crippen LogP contribution is -2.38. The van der Waals surface area contributed by atoms with Gasteiger partial charge in [0.1, 0.15) is 0 Å². The fraction of sp³-hybridized carbons (Fsp3) is 0.536. The molecular weight excluding hydrogens is 472 g/mol. The zero-order valence-electron chi connectivity index (χ0n) is 21.3. The largest absolute Gasteiger partial charge is 0.373 e. The third kappa shape index (κ3) is 4.13. The number of fused-ring (bicyclic) bond motifs is 2. The van der Waals surface area contributed by atoms with Gasteiger partial charge in [-0.15, -0.1) is 0 Å². The predicted octanol–water partition coefficient (Wildman–Crippen LogP) is 4.95. The van der Waals surface area contributed by atoms with Crippen LogP contribution in [0.2, 0.25) is 0 Å². The molecule has 0 unspecified atom stereocenters. The summed E-state index contributed by atoms with van der Waals surface area (Å²) in [5.74, 6) is -0.151. The first kappa shape index (κ1) is 23.6. The molecule has 1 amide bonds. The lowest BCUT2D eigenvalue weighted by Gasteiger charge is -2.39. The minimum absolute atomic E-state index is 0.00577. The van der Waals surface area contributed by atoms with Crippen LogP contribution in [0.5, 0.6) is 0 Å². The second-order valence-electron chi connectivity index (χ2n) is 11.4. The van der Waals surface area contributed by atoms with E-state index in [0.29, 0.717) is 16.7 Å². The number of carbonyl (C=O) groups is 1. The number of piperidine rings is 1. The SMILES string of the molecule is CCS(=O)(=O)Nc1ccc(C(=O)Nc2ccc3c(c2)C2(CCC2)CN3C)c(N2CCC3(CC2)CC3)c1. The Balaban J connectivity index is 1.28. The minimum Gasteiger partial charge on any atom is -0.373 e. The van der Waals surface area contributed by atoms with Crippen LogP contribution in [0.3, 0.4) is 0 Å². The molecule has 1 saturated heterocycles. The Morgan fingerprint density at radius 1 is 0.944 bits per heavy atom. The van der Waals surface area contributed by atoms with Gasteiger partial charge < -0.3 is 15.1 Å². The van der Waals surface area contributed by atoms with Crippen molar-refractivity contribution >= 4 is 38.7 Å². The van der Waals surface area contributed by atoms with Gasteiger partial charge in [-0.05, 0) is 92.8 Å². The maximum Gasteiger partial charge on any atom is 0.257 e. The van der Waals surface area contributed by atoms with Crippen molar-refractivity contribution in [3.05, 3.63) is 47.5 Å². The standard InChI is InChI=1S/C28H36N4O3S/c1-3-36(34,35)30-21-5-7-22(25(18-21)32-15-13-27(11-12-27)14-16-32)26(33)29-20-6-8-24-23(17-20)28(9-4-10-28)19-31(24)2/h5-8,17-18,30H,3-4,9-16,19H2,1-2H3,(H,29,33). The van der Waals surface area contributed by atoms with Crippen molar-refractivity contribution < 1.29 is 13.2 Å². The highest BCUT2D eigenvalue weighted by molar-refractivity contribution is 7.92. The fourth-order valence-corrected chi connectivity index (χ4v) is 7.05. The van der Waals surface area contributed by atoms with Crippen LogP contribution in [0, 0.1) is 5.41 Å². The summed E-state index contributed by atoms with van der Waals surface area (Å²) in [4.78, 5) is 18.2. The number of benzene rings is 2. The van der Waals surface area contributed by atoms with Crippen LogP contribution in [0.25, 0.3) is 0 Å². The molecule has 2 N–H and O–H groups in total. The molecule has 2 aliphatic heterocycles. The van der Waals surface area contributed by atoms with Crippen LogP contribution in [-0.2, 0) is 15.4 Å². The van der Waals surface area contributed by atoms with Crippen LogP contribution in [-0.4, -0.2) is 46.8 Å². The topological polar surface area (TPSA) is 81.7 Å². The van der Waals surface area contributed by atoms with Crippen LogP contribution >= 0.6 is 0 Å². The van der Waals surface area contributed by atoms with Gasteiger partial charge in [-0.3, -0.25) is 9.52 Å². The highest BCUT2D eigenvalue weighted by Gasteiger charge is 2.46. The Hall–Kier alpha value is -2.74. The van der Waals surface area contributed by atoms with Gasteiger partial charge in [0.15, 0.2) is 0 Å². The summed E-state index contributed by atoms with van der Waals surface area (Å²) in [5, 5.41) is 3.15. The molecule has 3 fully saturated rings. The van der Waals surface area contributed by atoms with Gasteiger partial charge >= 0.3 is 0 Å². The van der Waals surface area contributed by atoms with E-state index in [9.17, 15) is 13.2 Å². The van der Waals surface area contributed by atoms with Gasteiger partial charge in [0, 0.05) is 43.5 Å². The van der Waals surface area contributed by atoms with Gasteiger partial charge in [-0.25, -0.2) is 8.42 Å². The first-order valence-electron chi connectivity index (χ1n) is 13.3. The number of anilines is 4. The van der Waals surface area contributed by atoms with Gasteiger partial charge in [-0.1, -0.05) is 6.42 Å². The van der Waals surface area contributed by atoms with Crippen molar-refractivity contribution in [2.75, 3.05) is 52.3 Å². The highest BCUT2D eigenvalue weighted by atomic mass is 32.2. The molecule has 7 nitrogen and oxygen atoms in total. The van der Waals surface area contributed by atoms with E-state index < -0.39 is 10.0 Å². The summed E-state index contributed by atoms with van der Waals surface area (Å²) in [5.41, 5.74) is 6.07. The Bertz CT molecular complexity index is 1300. The van der Waals surface area contributed by atoms with Crippen molar-refractivity contribution in [1.29, 1.82) is 0 Å². The summed E-state index contributed by atoms with van der Waals surface area (Å²) >= 11 is 0. The van der Waals surface area contributed by atoms with E-state index in [1.165, 1.54) is 43.4 Å². The molecule has 8 heteroatoms. The molecule has 6 rings (SSSR count). The molecule has 192 valence electrons. The molecule has 0 aromatic heterocycles. The monoisotopic (exact) mass is 508 g/mol. The maximum atomic E-state index is 13.6. The summed E-state index contributed by atoms with van der Waals surface area (Å²) < 4.78 is 27.1. The molecular formula is C28H36N4O3S. The van der Waals surface area contributed by atoms with Gasteiger partial charge in [0.2, 0.25) is 10.0 Å². The highest BCUT2D eigenvalue weighted by Crippen LogP contribution is 2.54. The van der Waals surface area contributed by atoms with E-state index in [-0.39, 0.29) is 17.1 Å².